The molecule has 1 amide bonds. The minimum atomic E-state index is -0.452. The number of rotatable bonds is 9. The maximum absolute atomic E-state index is 13.0. The normalized spacial score (nSPS) is 11.3. The third-order valence-corrected chi connectivity index (χ3v) is 6.39. The maximum Gasteiger partial charge on any atom is 0.332 e. The Labute approximate surface area is 203 Å². The summed E-state index contributed by atoms with van der Waals surface area (Å²) in [5, 5.41) is 3.61. The zero-order valence-corrected chi connectivity index (χ0v) is 21.4. The number of aromatic nitrogens is 4. The third-order valence-electron chi connectivity index (χ3n) is 5.41. The lowest BCUT2D eigenvalue weighted by atomic mass is 10.2. The van der Waals surface area contributed by atoms with Gasteiger partial charge in [0.15, 0.2) is 5.65 Å². The van der Waals surface area contributed by atoms with Gasteiger partial charge in [-0.1, -0.05) is 44.7 Å². The number of amides is 1. The monoisotopic (exact) mass is 484 g/mol. The van der Waals surface area contributed by atoms with Crippen molar-refractivity contribution < 1.29 is 4.79 Å². The fourth-order valence-corrected chi connectivity index (χ4v) is 4.29. The van der Waals surface area contributed by atoms with E-state index in [1.54, 1.807) is 0 Å². The van der Waals surface area contributed by atoms with Crippen molar-refractivity contribution in [2.45, 2.75) is 51.2 Å². The van der Waals surface area contributed by atoms with Gasteiger partial charge < -0.3 is 10.2 Å². The average Bonchev–Trinajstić information content (AvgIpc) is 2.82. The summed E-state index contributed by atoms with van der Waals surface area (Å²) in [4.78, 5) is 49.4. The molecule has 0 saturated heterocycles. The molecule has 1 aromatic carbocycles. The van der Waals surface area contributed by atoms with Gasteiger partial charge in [0.1, 0.15) is 16.2 Å². The van der Waals surface area contributed by atoms with E-state index in [0.717, 1.165) is 15.8 Å². The molecule has 0 aliphatic carbocycles. The number of fused-ring (bicyclic) bond motifs is 1. The van der Waals surface area contributed by atoms with E-state index in [0.29, 0.717) is 36.0 Å². The molecule has 0 unspecified atom stereocenters. The van der Waals surface area contributed by atoms with Crippen molar-refractivity contribution in [3.8, 4) is 0 Å². The molecule has 0 fully saturated rings. The topological polar surface area (TPSA) is 102 Å². The van der Waals surface area contributed by atoms with Crippen molar-refractivity contribution in [3.05, 3.63) is 56.5 Å². The van der Waals surface area contributed by atoms with Crippen LogP contribution in [0.3, 0.4) is 0 Å². The third kappa shape index (κ3) is 5.49. The van der Waals surface area contributed by atoms with E-state index in [2.05, 4.69) is 15.3 Å². The van der Waals surface area contributed by atoms with Crippen LogP contribution in [0.2, 0.25) is 0 Å². The van der Waals surface area contributed by atoms with E-state index < -0.39 is 11.2 Å². The number of carbonyl (C=O) groups excluding carboxylic acids is 1. The highest BCUT2D eigenvalue weighted by atomic mass is 32.2. The number of hydrogen-bond acceptors (Lipinski definition) is 7. The molecule has 3 aromatic rings. The van der Waals surface area contributed by atoms with Gasteiger partial charge in [0.25, 0.3) is 5.56 Å². The summed E-state index contributed by atoms with van der Waals surface area (Å²) < 4.78 is 2.60. The lowest BCUT2D eigenvalue weighted by molar-refractivity contribution is -0.118. The van der Waals surface area contributed by atoms with Gasteiger partial charge in [-0.3, -0.25) is 18.7 Å². The molecule has 9 nitrogen and oxygen atoms in total. The van der Waals surface area contributed by atoms with Crippen molar-refractivity contribution in [2.24, 2.45) is 7.05 Å². The molecule has 10 heteroatoms. The quantitative estimate of drug-likeness (QED) is 0.368. The largest absolute Gasteiger partial charge is 0.378 e. The first-order valence-electron chi connectivity index (χ1n) is 11.3. The molecule has 0 aliphatic rings. The van der Waals surface area contributed by atoms with E-state index in [1.807, 2.05) is 64.0 Å². The summed E-state index contributed by atoms with van der Waals surface area (Å²) in [5.74, 6) is 0.458. The predicted molar refractivity (Wildman–Crippen MR) is 137 cm³/mol. The first kappa shape index (κ1) is 25.5. The molecule has 0 radical (unpaired) electrons. The van der Waals surface area contributed by atoms with Crippen LogP contribution in [-0.4, -0.2) is 44.9 Å². The van der Waals surface area contributed by atoms with Gasteiger partial charge in [-0.2, -0.15) is 0 Å². The second kappa shape index (κ2) is 10.9. The molecular formula is C24H32N6O3S. The van der Waals surface area contributed by atoms with Gasteiger partial charge in [0, 0.05) is 45.8 Å². The number of hydrogen-bond donors (Lipinski definition) is 1. The molecule has 2 aromatic heterocycles. The van der Waals surface area contributed by atoms with Gasteiger partial charge in [-0.25, -0.2) is 14.8 Å². The van der Waals surface area contributed by atoms with Gasteiger partial charge in [0.2, 0.25) is 5.91 Å². The fraction of sp³-hybridized carbons (Fsp3) is 0.458. The Morgan fingerprint density at radius 1 is 1.15 bits per heavy atom. The zero-order valence-electron chi connectivity index (χ0n) is 20.6. The number of anilines is 1. The van der Waals surface area contributed by atoms with Gasteiger partial charge in [-0.05, 0) is 24.1 Å². The first-order valence-corrected chi connectivity index (χ1v) is 12.3. The molecule has 0 atom stereocenters. The van der Waals surface area contributed by atoms with E-state index in [1.165, 1.54) is 23.4 Å². The molecule has 0 aliphatic heterocycles. The molecule has 3 rings (SSSR count). The van der Waals surface area contributed by atoms with E-state index in [-0.39, 0.29) is 23.0 Å². The van der Waals surface area contributed by atoms with E-state index >= 15 is 0 Å². The summed E-state index contributed by atoms with van der Waals surface area (Å²) in [7, 11) is 5.41. The Bertz CT molecular complexity index is 1300. The summed E-state index contributed by atoms with van der Waals surface area (Å²) >= 11 is 1.19. The van der Waals surface area contributed by atoms with Crippen molar-refractivity contribution in [2.75, 3.05) is 24.7 Å². The van der Waals surface area contributed by atoms with Gasteiger partial charge in [-0.15, -0.1) is 0 Å². The lowest BCUT2D eigenvalue weighted by Crippen LogP contribution is -2.39. The average molecular weight is 485 g/mol. The lowest BCUT2D eigenvalue weighted by Gasteiger charge is -2.15. The Kier molecular flexibility index (Phi) is 8.14. The molecule has 1 N–H and O–H groups in total. The minimum Gasteiger partial charge on any atom is -0.378 e. The standard InChI is InChI=1S/C24H32N6O3S/c1-7-12-30-21-19(23(32)29(6)24(30)33)22(27-20(26-21)15(2)3)34-14-18(31)25-13-16-8-10-17(11-9-16)28(4)5/h8-11,15H,7,12-14H2,1-6H3,(H,25,31). The number of carbonyl (C=O) groups is 1. The Morgan fingerprint density at radius 3 is 2.41 bits per heavy atom. The van der Waals surface area contributed by atoms with E-state index in [9.17, 15) is 14.4 Å². The van der Waals surface area contributed by atoms with Crippen molar-refractivity contribution in [1.82, 2.24) is 24.4 Å². The first-order chi connectivity index (χ1) is 16.1. The molecule has 0 spiro atoms. The second-order valence-corrected chi connectivity index (χ2v) is 9.63. The molecule has 0 saturated carbocycles. The maximum atomic E-state index is 13.0. The van der Waals surface area contributed by atoms with Crippen LogP contribution < -0.4 is 21.5 Å². The molecule has 0 bridgehead atoms. The molecular weight excluding hydrogens is 452 g/mol. The SMILES string of the molecule is CCCn1c(=O)n(C)c(=O)c2c(SCC(=O)NCc3ccc(N(C)C)cc3)nc(C(C)C)nc21. The van der Waals surface area contributed by atoms with Crippen LogP contribution in [0.1, 0.15) is 44.5 Å². The Balaban J connectivity index is 1.86. The zero-order chi connectivity index (χ0) is 25.0. The summed E-state index contributed by atoms with van der Waals surface area (Å²) in [5.41, 5.74) is 1.56. The van der Waals surface area contributed by atoms with Crippen LogP contribution in [0.5, 0.6) is 0 Å². The molecule has 182 valence electrons. The highest BCUT2D eigenvalue weighted by molar-refractivity contribution is 8.00. The van der Waals surface area contributed by atoms with Crippen LogP contribution >= 0.6 is 11.8 Å². The summed E-state index contributed by atoms with van der Waals surface area (Å²) in [6.45, 7) is 6.71. The van der Waals surface area contributed by atoms with Gasteiger partial charge in [0.05, 0.1) is 5.75 Å². The molecule has 34 heavy (non-hydrogen) atoms. The predicted octanol–water partition coefficient (Wildman–Crippen LogP) is 2.50. The van der Waals surface area contributed by atoms with Crippen LogP contribution in [0, 0.1) is 0 Å². The van der Waals surface area contributed by atoms with Crippen LogP contribution in [0.4, 0.5) is 5.69 Å². The fourth-order valence-electron chi connectivity index (χ4n) is 3.44. The van der Waals surface area contributed by atoms with Crippen LogP contribution in [0.15, 0.2) is 38.9 Å². The Hall–Kier alpha value is -3.14. The number of benzene rings is 1. The van der Waals surface area contributed by atoms with Crippen LogP contribution in [-0.2, 0) is 24.9 Å². The Morgan fingerprint density at radius 2 is 1.82 bits per heavy atom. The number of aryl methyl sites for hydroxylation is 1. The smallest absolute Gasteiger partial charge is 0.332 e. The van der Waals surface area contributed by atoms with E-state index in [4.69, 9.17) is 0 Å². The summed E-state index contributed by atoms with van der Waals surface area (Å²) in [6.07, 6.45) is 0.717. The minimum absolute atomic E-state index is 0.00282. The molecule has 2 heterocycles. The van der Waals surface area contributed by atoms with Crippen molar-refractivity contribution in [3.63, 3.8) is 0 Å². The highest BCUT2D eigenvalue weighted by Crippen LogP contribution is 2.24. The van der Waals surface area contributed by atoms with Crippen molar-refractivity contribution >= 4 is 34.4 Å². The number of nitrogens with zero attached hydrogens (tertiary/aromatic N) is 5. The second-order valence-electron chi connectivity index (χ2n) is 8.66. The van der Waals surface area contributed by atoms with Gasteiger partial charge >= 0.3 is 5.69 Å². The van der Waals surface area contributed by atoms with Crippen LogP contribution in [0.25, 0.3) is 11.0 Å². The number of thioether (sulfide) groups is 1. The highest BCUT2D eigenvalue weighted by Gasteiger charge is 2.20. The number of nitrogens with one attached hydrogen (secondary N) is 1. The summed E-state index contributed by atoms with van der Waals surface area (Å²) in [6, 6.07) is 7.96. The van der Waals surface area contributed by atoms with Crippen molar-refractivity contribution in [1.29, 1.82) is 0 Å².